The fraction of sp³-hybridized carbons (Fsp3) is 0.0769. The summed E-state index contributed by atoms with van der Waals surface area (Å²) in [5.41, 5.74) is 0.0814. The lowest BCUT2D eigenvalue weighted by Gasteiger charge is -2.05. The lowest BCUT2D eigenvalue weighted by Crippen LogP contribution is -2.02. The number of hydrogen-bond donors (Lipinski definition) is 0. The molecule has 0 aliphatic carbocycles. The van der Waals surface area contributed by atoms with Gasteiger partial charge in [0.25, 0.3) is 0 Å². The molecule has 0 unspecified atom stereocenters. The van der Waals surface area contributed by atoms with Crippen molar-refractivity contribution in [2.45, 2.75) is 6.92 Å². The van der Waals surface area contributed by atoms with Crippen LogP contribution in [-0.2, 0) is 0 Å². The van der Waals surface area contributed by atoms with Gasteiger partial charge in [-0.05, 0) is 6.92 Å². The second kappa shape index (κ2) is 4.60. The van der Waals surface area contributed by atoms with E-state index in [2.05, 4.69) is 4.98 Å². The van der Waals surface area contributed by atoms with Crippen LogP contribution < -0.4 is 0 Å². The van der Waals surface area contributed by atoms with Crippen LogP contribution in [0.5, 0.6) is 0 Å². The number of benzene rings is 1. The van der Waals surface area contributed by atoms with Gasteiger partial charge in [-0.2, -0.15) is 4.39 Å². The van der Waals surface area contributed by atoms with E-state index in [0.717, 1.165) is 5.56 Å². The number of nitrogens with zero attached hydrogens (tertiary/aromatic N) is 1. The Morgan fingerprint density at radius 1 is 1.17 bits per heavy atom. The molecule has 0 saturated heterocycles. The van der Waals surface area contributed by atoms with Crippen LogP contribution in [0.3, 0.4) is 0 Å². The van der Waals surface area contributed by atoms with Crippen molar-refractivity contribution in [2.75, 3.05) is 0 Å². The van der Waals surface area contributed by atoms with Crippen molar-refractivity contribution >= 4 is 6.04 Å². The van der Waals surface area contributed by atoms with Crippen molar-refractivity contribution < 1.29 is 18.0 Å². The van der Waals surface area contributed by atoms with Gasteiger partial charge in [0.05, 0.1) is 0 Å². The van der Waals surface area contributed by atoms with Crippen molar-refractivity contribution in [2.24, 2.45) is 0 Å². The number of carbonyl (C=O) groups is 1. The van der Waals surface area contributed by atoms with E-state index in [-0.39, 0.29) is 11.3 Å². The Morgan fingerprint density at radius 2 is 1.78 bits per heavy atom. The fourth-order valence-electron chi connectivity index (χ4n) is 1.50. The molecular weight excluding hydrogens is 243 g/mol. The molecule has 92 valence electrons. The molecule has 0 aliphatic rings. The van der Waals surface area contributed by atoms with Crippen molar-refractivity contribution in [3.63, 3.8) is 0 Å². The third-order valence-electron chi connectivity index (χ3n) is 2.44. The second-order valence-electron chi connectivity index (χ2n) is 3.79. The quantitative estimate of drug-likeness (QED) is 0.765. The first kappa shape index (κ1) is 12.3. The van der Waals surface area contributed by atoms with Crippen LogP contribution in [0.2, 0.25) is 0 Å². The summed E-state index contributed by atoms with van der Waals surface area (Å²) < 4.78 is 39.3. The second-order valence-corrected chi connectivity index (χ2v) is 3.79. The SMILES string of the molecule is Cc1ccc(-c2nc(C(=O)F)cc(F)c2F)cc1. The van der Waals surface area contributed by atoms with E-state index in [0.29, 0.717) is 6.07 Å². The Morgan fingerprint density at radius 3 is 2.33 bits per heavy atom. The molecule has 2 nitrogen and oxygen atoms in total. The highest BCUT2D eigenvalue weighted by atomic mass is 19.2. The molecule has 0 spiro atoms. The monoisotopic (exact) mass is 251 g/mol. The van der Waals surface area contributed by atoms with Crippen molar-refractivity contribution in [3.05, 3.63) is 53.2 Å². The Labute approximate surface area is 101 Å². The van der Waals surface area contributed by atoms with E-state index in [1.165, 1.54) is 12.1 Å². The van der Waals surface area contributed by atoms with Gasteiger partial charge in [0.2, 0.25) is 0 Å². The van der Waals surface area contributed by atoms with Gasteiger partial charge >= 0.3 is 6.04 Å². The molecule has 0 N–H and O–H groups in total. The minimum absolute atomic E-state index is 0.278. The molecule has 1 heterocycles. The average Bonchev–Trinajstić information content (AvgIpc) is 2.33. The summed E-state index contributed by atoms with van der Waals surface area (Å²) in [4.78, 5) is 14.0. The number of aryl methyl sites for hydroxylation is 1. The van der Waals surface area contributed by atoms with Crippen LogP contribution in [0.25, 0.3) is 11.3 Å². The van der Waals surface area contributed by atoms with Crippen LogP contribution in [0, 0.1) is 18.6 Å². The molecule has 5 heteroatoms. The molecule has 1 aromatic carbocycles. The molecule has 18 heavy (non-hydrogen) atoms. The maximum Gasteiger partial charge on any atom is 0.350 e. The smallest absolute Gasteiger partial charge is 0.254 e. The largest absolute Gasteiger partial charge is 0.350 e. The predicted octanol–water partition coefficient (Wildman–Crippen LogP) is 3.44. The van der Waals surface area contributed by atoms with Gasteiger partial charge in [-0.25, -0.2) is 13.8 Å². The number of rotatable bonds is 2. The van der Waals surface area contributed by atoms with Crippen LogP contribution >= 0.6 is 0 Å². The van der Waals surface area contributed by atoms with E-state index in [4.69, 9.17) is 0 Å². The highest BCUT2D eigenvalue weighted by molar-refractivity contribution is 5.87. The van der Waals surface area contributed by atoms with Gasteiger partial charge in [0, 0.05) is 11.6 Å². The molecule has 0 atom stereocenters. The summed E-state index contributed by atoms with van der Waals surface area (Å²) in [6, 6.07) is 4.94. The maximum atomic E-state index is 13.6. The van der Waals surface area contributed by atoms with Gasteiger partial charge in [0.15, 0.2) is 11.6 Å². The average molecular weight is 251 g/mol. The number of carbonyl (C=O) groups excluding carboxylic acids is 1. The molecule has 0 aliphatic heterocycles. The van der Waals surface area contributed by atoms with E-state index in [1.807, 2.05) is 6.92 Å². The van der Waals surface area contributed by atoms with Gasteiger partial charge in [-0.3, -0.25) is 4.79 Å². The minimum Gasteiger partial charge on any atom is -0.254 e. The topological polar surface area (TPSA) is 30.0 Å². The molecule has 0 radical (unpaired) electrons. The number of pyridine rings is 1. The van der Waals surface area contributed by atoms with E-state index in [9.17, 15) is 18.0 Å². The highest BCUT2D eigenvalue weighted by Crippen LogP contribution is 2.23. The zero-order chi connectivity index (χ0) is 13.3. The minimum atomic E-state index is -1.90. The number of hydrogen-bond acceptors (Lipinski definition) is 2. The lowest BCUT2D eigenvalue weighted by molar-refractivity contribution is 0.0829. The van der Waals surface area contributed by atoms with Crippen LogP contribution in [0.1, 0.15) is 16.1 Å². The first-order chi connectivity index (χ1) is 8.49. The Hall–Kier alpha value is -2.17. The number of halogens is 3. The Kier molecular flexibility index (Phi) is 3.14. The van der Waals surface area contributed by atoms with E-state index >= 15 is 0 Å². The van der Waals surface area contributed by atoms with Crippen LogP contribution in [0.4, 0.5) is 13.2 Å². The van der Waals surface area contributed by atoms with Gasteiger partial charge in [-0.15, -0.1) is 0 Å². The highest BCUT2D eigenvalue weighted by Gasteiger charge is 2.17. The molecule has 0 amide bonds. The molecule has 1 aromatic heterocycles. The molecule has 0 bridgehead atoms. The summed E-state index contributed by atoms with van der Waals surface area (Å²) in [5.74, 6) is -2.51. The maximum absolute atomic E-state index is 13.6. The molecular formula is C13H8F3NO. The summed E-state index contributed by atoms with van der Waals surface area (Å²) in [7, 11) is 0. The third kappa shape index (κ3) is 2.25. The third-order valence-corrected chi connectivity index (χ3v) is 2.44. The first-order valence-electron chi connectivity index (χ1n) is 5.12. The summed E-state index contributed by atoms with van der Waals surface area (Å²) in [6.45, 7) is 1.83. The number of aromatic nitrogens is 1. The van der Waals surface area contributed by atoms with Crippen LogP contribution in [0.15, 0.2) is 30.3 Å². The van der Waals surface area contributed by atoms with Crippen molar-refractivity contribution in [1.29, 1.82) is 0 Å². The lowest BCUT2D eigenvalue weighted by atomic mass is 10.1. The zero-order valence-electron chi connectivity index (χ0n) is 9.38. The summed E-state index contributed by atoms with van der Waals surface area (Å²) in [6.07, 6.45) is 0. The first-order valence-corrected chi connectivity index (χ1v) is 5.12. The van der Waals surface area contributed by atoms with E-state index in [1.54, 1.807) is 12.1 Å². The molecule has 0 saturated carbocycles. The summed E-state index contributed by atoms with van der Waals surface area (Å²) in [5, 5.41) is 0. The van der Waals surface area contributed by atoms with Crippen molar-refractivity contribution in [3.8, 4) is 11.3 Å². The van der Waals surface area contributed by atoms with Gasteiger partial charge in [-0.1, -0.05) is 29.8 Å². The molecule has 0 fully saturated rings. The fourth-order valence-corrected chi connectivity index (χ4v) is 1.50. The van der Waals surface area contributed by atoms with Gasteiger partial charge in [0.1, 0.15) is 11.4 Å². The summed E-state index contributed by atoms with van der Waals surface area (Å²) >= 11 is 0. The van der Waals surface area contributed by atoms with Crippen LogP contribution in [-0.4, -0.2) is 11.0 Å². The molecule has 2 aromatic rings. The van der Waals surface area contributed by atoms with Gasteiger partial charge < -0.3 is 0 Å². The molecule has 2 rings (SSSR count). The van der Waals surface area contributed by atoms with E-state index < -0.39 is 23.4 Å². The van der Waals surface area contributed by atoms with Crippen molar-refractivity contribution in [1.82, 2.24) is 4.98 Å². The standard InChI is InChI=1S/C13H8F3NO/c1-7-2-4-8(5-3-7)12-11(15)9(14)6-10(17-12)13(16)18/h2-6H,1H3. The predicted molar refractivity (Wildman–Crippen MR) is 59.8 cm³/mol. The zero-order valence-corrected chi connectivity index (χ0v) is 9.38. The Balaban J connectivity index is 2.62. The normalized spacial score (nSPS) is 10.4. The Bertz CT molecular complexity index is 608.